The number of imidazole rings is 1. The molecule has 0 saturated heterocycles. The number of hydrogen-bond donors (Lipinski definition) is 2. The fraction of sp³-hybridized carbons (Fsp3) is 0.188. The van der Waals surface area contributed by atoms with Crippen LogP contribution in [-0.2, 0) is 4.79 Å². The number of H-pyrrole nitrogens is 1. The van der Waals surface area contributed by atoms with Gasteiger partial charge in [0.25, 0.3) is 0 Å². The van der Waals surface area contributed by atoms with Gasteiger partial charge in [-0.3, -0.25) is 4.79 Å². The van der Waals surface area contributed by atoms with Crippen LogP contribution >= 0.6 is 0 Å². The molecule has 6 nitrogen and oxygen atoms in total. The molecular formula is C16H15N5O. The van der Waals surface area contributed by atoms with E-state index in [0.717, 1.165) is 27.9 Å². The summed E-state index contributed by atoms with van der Waals surface area (Å²) in [7, 11) is 0. The Morgan fingerprint density at radius 2 is 2.27 bits per heavy atom. The van der Waals surface area contributed by atoms with Crippen molar-refractivity contribution in [2.24, 2.45) is 11.0 Å². The minimum atomic E-state index is -0.0322. The van der Waals surface area contributed by atoms with Crippen molar-refractivity contribution in [2.75, 3.05) is 0 Å². The Hall–Kier alpha value is -2.89. The van der Waals surface area contributed by atoms with Crippen LogP contribution in [0.4, 0.5) is 0 Å². The molecule has 1 atom stereocenters. The molecule has 22 heavy (non-hydrogen) atoms. The quantitative estimate of drug-likeness (QED) is 0.760. The normalized spacial score (nSPS) is 18.3. The van der Waals surface area contributed by atoms with Crippen molar-refractivity contribution in [1.29, 1.82) is 0 Å². The molecule has 1 aromatic carbocycles. The molecule has 1 unspecified atom stereocenters. The molecule has 1 aliphatic heterocycles. The van der Waals surface area contributed by atoms with E-state index in [9.17, 15) is 4.79 Å². The molecule has 1 aliphatic rings. The highest BCUT2D eigenvalue weighted by Gasteiger charge is 2.23. The van der Waals surface area contributed by atoms with Crippen LogP contribution in [0, 0.1) is 5.92 Å². The van der Waals surface area contributed by atoms with Gasteiger partial charge in [-0.2, -0.15) is 5.10 Å². The number of carbonyl (C=O) groups is 1. The summed E-state index contributed by atoms with van der Waals surface area (Å²) in [5.41, 5.74) is 6.61. The summed E-state index contributed by atoms with van der Waals surface area (Å²) in [4.78, 5) is 18.8. The van der Waals surface area contributed by atoms with E-state index in [0.29, 0.717) is 6.42 Å². The highest BCUT2D eigenvalue weighted by Crippen LogP contribution is 2.26. The molecule has 0 saturated carbocycles. The van der Waals surface area contributed by atoms with Gasteiger partial charge in [0.1, 0.15) is 0 Å². The average Bonchev–Trinajstić information content (AvgIpc) is 3.16. The minimum Gasteiger partial charge on any atom is -0.360 e. The third-order valence-corrected chi connectivity index (χ3v) is 4.00. The van der Waals surface area contributed by atoms with E-state index in [1.807, 2.05) is 36.0 Å². The van der Waals surface area contributed by atoms with Crippen LogP contribution in [-0.4, -0.2) is 26.2 Å². The number of amides is 1. The zero-order chi connectivity index (χ0) is 15.1. The van der Waals surface area contributed by atoms with Gasteiger partial charge in [0, 0.05) is 53.1 Å². The highest BCUT2D eigenvalue weighted by molar-refractivity contribution is 6.13. The monoisotopic (exact) mass is 293 g/mol. The van der Waals surface area contributed by atoms with Gasteiger partial charge in [-0.1, -0.05) is 6.92 Å². The van der Waals surface area contributed by atoms with Gasteiger partial charge in [0.05, 0.1) is 12.0 Å². The first-order valence-electron chi connectivity index (χ1n) is 7.18. The van der Waals surface area contributed by atoms with Gasteiger partial charge in [0.2, 0.25) is 5.91 Å². The zero-order valence-electron chi connectivity index (χ0n) is 12.1. The predicted molar refractivity (Wildman–Crippen MR) is 83.9 cm³/mol. The van der Waals surface area contributed by atoms with E-state index < -0.39 is 0 Å². The zero-order valence-corrected chi connectivity index (χ0v) is 12.1. The predicted octanol–water partition coefficient (Wildman–Crippen LogP) is 2.21. The molecule has 0 bridgehead atoms. The SMILES string of the molecule is CC1CC(=O)NN=C1c1c[nH]c2ccc(-n3ccnc3)cc12. The van der Waals surface area contributed by atoms with Crippen molar-refractivity contribution in [3.63, 3.8) is 0 Å². The maximum atomic E-state index is 11.4. The number of hydrazone groups is 1. The molecule has 0 aliphatic carbocycles. The second-order valence-electron chi connectivity index (χ2n) is 5.54. The first-order chi connectivity index (χ1) is 10.7. The Labute approximate surface area is 126 Å². The number of fused-ring (bicyclic) bond motifs is 1. The lowest BCUT2D eigenvalue weighted by atomic mass is 9.94. The fourth-order valence-electron chi connectivity index (χ4n) is 2.87. The van der Waals surface area contributed by atoms with E-state index in [4.69, 9.17) is 0 Å². The first kappa shape index (κ1) is 12.8. The molecule has 2 aromatic heterocycles. The van der Waals surface area contributed by atoms with Crippen molar-refractivity contribution in [3.05, 3.63) is 48.7 Å². The molecule has 4 rings (SSSR count). The molecule has 0 radical (unpaired) electrons. The van der Waals surface area contributed by atoms with Crippen LogP contribution < -0.4 is 5.43 Å². The van der Waals surface area contributed by atoms with Crippen LogP contribution in [0.1, 0.15) is 18.9 Å². The van der Waals surface area contributed by atoms with Crippen molar-refractivity contribution in [3.8, 4) is 5.69 Å². The van der Waals surface area contributed by atoms with E-state index >= 15 is 0 Å². The maximum absolute atomic E-state index is 11.4. The summed E-state index contributed by atoms with van der Waals surface area (Å²) in [5.74, 6) is 0.0693. The minimum absolute atomic E-state index is 0.0322. The summed E-state index contributed by atoms with van der Waals surface area (Å²) in [5, 5.41) is 5.35. The lowest BCUT2D eigenvalue weighted by Gasteiger charge is -2.18. The number of benzene rings is 1. The van der Waals surface area contributed by atoms with Crippen LogP contribution in [0.25, 0.3) is 16.6 Å². The molecular weight excluding hydrogens is 278 g/mol. The first-order valence-corrected chi connectivity index (χ1v) is 7.18. The Bertz CT molecular complexity index is 875. The van der Waals surface area contributed by atoms with E-state index in [1.54, 1.807) is 12.5 Å². The highest BCUT2D eigenvalue weighted by atomic mass is 16.2. The van der Waals surface area contributed by atoms with Gasteiger partial charge in [-0.25, -0.2) is 10.4 Å². The van der Waals surface area contributed by atoms with Crippen LogP contribution in [0.5, 0.6) is 0 Å². The second kappa shape index (κ2) is 4.84. The lowest BCUT2D eigenvalue weighted by Crippen LogP contribution is -2.31. The Kier molecular flexibility index (Phi) is 2.82. The van der Waals surface area contributed by atoms with Crippen molar-refractivity contribution in [1.82, 2.24) is 20.0 Å². The maximum Gasteiger partial charge on any atom is 0.240 e. The third kappa shape index (κ3) is 2.00. The van der Waals surface area contributed by atoms with Gasteiger partial charge in [-0.05, 0) is 18.2 Å². The molecule has 1 amide bonds. The summed E-state index contributed by atoms with van der Waals surface area (Å²) < 4.78 is 1.96. The Morgan fingerprint density at radius 1 is 1.36 bits per heavy atom. The topological polar surface area (TPSA) is 75.1 Å². The van der Waals surface area contributed by atoms with E-state index in [1.165, 1.54) is 0 Å². The van der Waals surface area contributed by atoms with Crippen molar-refractivity contribution >= 4 is 22.5 Å². The van der Waals surface area contributed by atoms with E-state index in [2.05, 4.69) is 26.6 Å². The molecule has 3 heterocycles. The molecule has 2 N–H and O–H groups in total. The van der Waals surface area contributed by atoms with Gasteiger partial charge < -0.3 is 9.55 Å². The molecule has 0 spiro atoms. The van der Waals surface area contributed by atoms with Gasteiger partial charge in [-0.15, -0.1) is 0 Å². The van der Waals surface area contributed by atoms with Gasteiger partial charge in [0.15, 0.2) is 0 Å². The number of hydrogen-bond acceptors (Lipinski definition) is 3. The number of aromatic amines is 1. The summed E-state index contributed by atoms with van der Waals surface area (Å²) in [6.45, 7) is 2.02. The second-order valence-corrected chi connectivity index (χ2v) is 5.54. The average molecular weight is 293 g/mol. The smallest absolute Gasteiger partial charge is 0.240 e. The summed E-state index contributed by atoms with van der Waals surface area (Å²) in [6.07, 6.45) is 7.86. The summed E-state index contributed by atoms with van der Waals surface area (Å²) in [6, 6.07) is 6.19. The van der Waals surface area contributed by atoms with Crippen molar-refractivity contribution < 1.29 is 4.79 Å². The van der Waals surface area contributed by atoms with Crippen molar-refractivity contribution in [2.45, 2.75) is 13.3 Å². The Morgan fingerprint density at radius 3 is 3.05 bits per heavy atom. The largest absolute Gasteiger partial charge is 0.360 e. The number of carbonyl (C=O) groups excluding carboxylic acids is 1. The number of nitrogens with one attached hydrogen (secondary N) is 2. The third-order valence-electron chi connectivity index (χ3n) is 4.00. The molecule has 110 valence electrons. The fourth-order valence-corrected chi connectivity index (χ4v) is 2.87. The van der Waals surface area contributed by atoms with Crippen LogP contribution in [0.2, 0.25) is 0 Å². The number of nitrogens with zero attached hydrogens (tertiary/aromatic N) is 3. The van der Waals surface area contributed by atoms with E-state index in [-0.39, 0.29) is 11.8 Å². The van der Waals surface area contributed by atoms with Crippen LogP contribution in [0.3, 0.4) is 0 Å². The number of aromatic nitrogens is 3. The Balaban J connectivity index is 1.85. The standard InChI is InChI=1S/C16H15N5O/c1-10-6-15(22)19-20-16(10)13-8-18-14-3-2-11(7-12(13)14)21-5-4-17-9-21/h2-5,7-10,18H,6H2,1H3,(H,19,22). The summed E-state index contributed by atoms with van der Waals surface area (Å²) >= 11 is 0. The van der Waals surface area contributed by atoms with Crippen LogP contribution in [0.15, 0.2) is 48.2 Å². The molecule has 6 heteroatoms. The molecule has 3 aromatic rings. The number of rotatable bonds is 2. The lowest BCUT2D eigenvalue weighted by molar-refractivity contribution is -0.121. The molecule has 0 fully saturated rings. The van der Waals surface area contributed by atoms with Gasteiger partial charge >= 0.3 is 0 Å².